The third-order valence-corrected chi connectivity index (χ3v) is 4.33. The Morgan fingerprint density at radius 3 is 2.96 bits per heavy atom. The topological polar surface area (TPSA) is 67.8 Å². The van der Waals surface area contributed by atoms with Crippen LogP contribution in [0.1, 0.15) is 12.0 Å². The average Bonchev–Trinajstić information content (AvgIpc) is 3.10. The normalized spacial score (nSPS) is 16.4. The van der Waals surface area contributed by atoms with Crippen LogP contribution in [-0.4, -0.2) is 61.2 Å². The minimum atomic E-state index is -0.0593. The molecule has 1 fully saturated rings. The number of rotatable bonds is 6. The molecule has 1 amide bonds. The number of aromatic nitrogens is 2. The van der Waals surface area contributed by atoms with E-state index in [1.54, 1.807) is 19.5 Å². The quantitative estimate of drug-likeness (QED) is 0.786. The molecule has 2 aromatic rings. The van der Waals surface area contributed by atoms with Crippen LogP contribution in [0.25, 0.3) is 0 Å². The minimum Gasteiger partial charge on any atom is -0.497 e. The second-order valence-corrected chi connectivity index (χ2v) is 6.51. The summed E-state index contributed by atoms with van der Waals surface area (Å²) in [5, 5.41) is 0. The lowest BCUT2D eigenvalue weighted by Gasteiger charge is -2.18. The molecule has 1 aromatic heterocycles. The van der Waals surface area contributed by atoms with E-state index in [4.69, 9.17) is 9.47 Å². The summed E-state index contributed by atoms with van der Waals surface area (Å²) in [6, 6.07) is 7.60. The molecule has 1 atom stereocenters. The molecule has 1 aromatic carbocycles. The van der Waals surface area contributed by atoms with Crippen molar-refractivity contribution in [2.24, 2.45) is 0 Å². The summed E-state index contributed by atoms with van der Waals surface area (Å²) < 4.78 is 11.1. The van der Waals surface area contributed by atoms with Gasteiger partial charge in [0.25, 0.3) is 0 Å². The number of ether oxygens (including phenoxy) is 2. The highest BCUT2D eigenvalue weighted by Crippen LogP contribution is 2.20. The molecule has 7 heteroatoms. The zero-order valence-electron chi connectivity index (χ0n) is 15.4. The molecule has 7 nitrogen and oxygen atoms in total. The van der Waals surface area contributed by atoms with Gasteiger partial charge in [-0.05, 0) is 17.7 Å². The lowest BCUT2D eigenvalue weighted by atomic mass is 10.1. The van der Waals surface area contributed by atoms with Crippen molar-refractivity contribution in [1.82, 2.24) is 14.9 Å². The third-order valence-electron chi connectivity index (χ3n) is 4.33. The van der Waals surface area contributed by atoms with Crippen molar-refractivity contribution in [3.63, 3.8) is 0 Å². The largest absolute Gasteiger partial charge is 0.497 e. The molecule has 138 valence electrons. The number of carbonyl (C=O) groups excluding carboxylic acids is 1. The molecule has 0 bridgehead atoms. The standard InChI is InChI=1S/C19H24N4O3/c1-22(2)17-11-20-12-18(21-17)26-16-7-8-23(13-16)19(24)10-14-5-4-6-15(9-14)25-3/h4-6,9,11-12,16H,7-8,10,13H2,1-3H3/t16-/m1/s1. The molecule has 0 spiro atoms. The van der Waals surface area contributed by atoms with Gasteiger partial charge in [-0.15, -0.1) is 0 Å². The van der Waals surface area contributed by atoms with E-state index in [-0.39, 0.29) is 12.0 Å². The molecular weight excluding hydrogens is 332 g/mol. The number of likely N-dealkylation sites (tertiary alicyclic amines) is 1. The number of anilines is 1. The monoisotopic (exact) mass is 356 g/mol. The fraction of sp³-hybridized carbons (Fsp3) is 0.421. The second kappa shape index (κ2) is 8.03. The van der Waals surface area contributed by atoms with Crippen molar-refractivity contribution >= 4 is 11.7 Å². The van der Waals surface area contributed by atoms with Gasteiger partial charge in [0.1, 0.15) is 11.9 Å². The van der Waals surface area contributed by atoms with Gasteiger partial charge >= 0.3 is 0 Å². The fourth-order valence-corrected chi connectivity index (χ4v) is 2.90. The Morgan fingerprint density at radius 2 is 2.19 bits per heavy atom. The zero-order valence-corrected chi connectivity index (χ0v) is 15.4. The second-order valence-electron chi connectivity index (χ2n) is 6.51. The summed E-state index contributed by atoms with van der Waals surface area (Å²) >= 11 is 0. The number of methoxy groups -OCH3 is 1. The summed E-state index contributed by atoms with van der Waals surface area (Å²) in [7, 11) is 5.43. The van der Waals surface area contributed by atoms with E-state index in [9.17, 15) is 4.79 Å². The van der Waals surface area contributed by atoms with Crippen molar-refractivity contribution in [2.45, 2.75) is 18.9 Å². The molecule has 1 aliphatic rings. The van der Waals surface area contributed by atoms with Crippen LogP contribution in [-0.2, 0) is 11.2 Å². The highest BCUT2D eigenvalue weighted by Gasteiger charge is 2.28. The Kier molecular flexibility index (Phi) is 5.55. The number of benzene rings is 1. The molecule has 0 N–H and O–H groups in total. The fourth-order valence-electron chi connectivity index (χ4n) is 2.90. The molecule has 2 heterocycles. The van der Waals surface area contributed by atoms with Crippen LogP contribution in [0, 0.1) is 0 Å². The predicted octanol–water partition coefficient (Wildman–Crippen LogP) is 1.77. The van der Waals surface area contributed by atoms with Crippen molar-refractivity contribution in [2.75, 3.05) is 39.2 Å². The molecule has 0 unspecified atom stereocenters. The van der Waals surface area contributed by atoms with Crippen LogP contribution in [0.2, 0.25) is 0 Å². The summed E-state index contributed by atoms with van der Waals surface area (Å²) in [5.74, 6) is 2.09. The van der Waals surface area contributed by atoms with E-state index in [2.05, 4.69) is 9.97 Å². The van der Waals surface area contributed by atoms with E-state index in [0.29, 0.717) is 25.4 Å². The molecule has 0 radical (unpaired) electrons. The van der Waals surface area contributed by atoms with Gasteiger partial charge in [-0.2, -0.15) is 4.98 Å². The average molecular weight is 356 g/mol. The summed E-state index contributed by atoms with van der Waals surface area (Å²) in [6.07, 6.45) is 4.38. The Balaban J connectivity index is 1.56. The molecule has 26 heavy (non-hydrogen) atoms. The van der Waals surface area contributed by atoms with E-state index in [1.807, 2.05) is 48.2 Å². The van der Waals surface area contributed by atoms with Gasteiger partial charge in [-0.1, -0.05) is 12.1 Å². The predicted molar refractivity (Wildman–Crippen MR) is 98.7 cm³/mol. The molecule has 1 saturated heterocycles. The first kappa shape index (κ1) is 18.0. The summed E-state index contributed by atoms with van der Waals surface area (Å²) in [6.45, 7) is 1.25. The summed E-state index contributed by atoms with van der Waals surface area (Å²) in [5.41, 5.74) is 0.947. The maximum absolute atomic E-state index is 12.6. The first-order valence-electron chi connectivity index (χ1n) is 8.62. The number of hydrogen-bond donors (Lipinski definition) is 0. The number of amides is 1. The summed E-state index contributed by atoms with van der Waals surface area (Å²) in [4.78, 5) is 24.8. The van der Waals surface area contributed by atoms with Gasteiger partial charge in [-0.25, -0.2) is 0 Å². The molecular formula is C19H24N4O3. The zero-order chi connectivity index (χ0) is 18.5. The van der Waals surface area contributed by atoms with Crippen LogP contribution in [0.3, 0.4) is 0 Å². The Labute approximate surface area is 153 Å². The Morgan fingerprint density at radius 1 is 1.35 bits per heavy atom. The first-order valence-corrected chi connectivity index (χ1v) is 8.62. The smallest absolute Gasteiger partial charge is 0.234 e. The van der Waals surface area contributed by atoms with Crippen LogP contribution in [0.4, 0.5) is 5.82 Å². The van der Waals surface area contributed by atoms with Crippen molar-refractivity contribution in [3.05, 3.63) is 42.2 Å². The Bertz CT molecular complexity index is 766. The van der Waals surface area contributed by atoms with Gasteiger partial charge < -0.3 is 19.3 Å². The minimum absolute atomic E-state index is 0.0593. The maximum Gasteiger partial charge on any atom is 0.234 e. The van der Waals surface area contributed by atoms with Crippen LogP contribution in [0.5, 0.6) is 11.6 Å². The van der Waals surface area contributed by atoms with Crippen LogP contribution < -0.4 is 14.4 Å². The third kappa shape index (κ3) is 4.41. The van der Waals surface area contributed by atoms with Gasteiger partial charge in [0.05, 0.1) is 32.5 Å². The van der Waals surface area contributed by atoms with E-state index >= 15 is 0 Å². The van der Waals surface area contributed by atoms with Gasteiger partial charge in [-0.3, -0.25) is 9.78 Å². The molecule has 0 aliphatic carbocycles. The SMILES string of the molecule is COc1cccc(CC(=O)N2CC[C@@H](Oc3cncc(N(C)C)n3)C2)c1. The number of carbonyl (C=O) groups is 1. The number of hydrogen-bond acceptors (Lipinski definition) is 6. The van der Waals surface area contributed by atoms with E-state index in [1.165, 1.54) is 0 Å². The van der Waals surface area contributed by atoms with Crippen molar-refractivity contribution in [1.29, 1.82) is 0 Å². The number of nitrogens with zero attached hydrogens (tertiary/aromatic N) is 4. The van der Waals surface area contributed by atoms with Gasteiger partial charge in [0, 0.05) is 27.1 Å². The van der Waals surface area contributed by atoms with E-state index < -0.39 is 0 Å². The molecule has 1 aliphatic heterocycles. The maximum atomic E-state index is 12.6. The van der Waals surface area contributed by atoms with E-state index in [0.717, 1.165) is 23.6 Å². The van der Waals surface area contributed by atoms with Crippen molar-refractivity contribution < 1.29 is 14.3 Å². The van der Waals surface area contributed by atoms with Gasteiger partial charge in [0.2, 0.25) is 11.8 Å². The molecule has 3 rings (SSSR count). The highest BCUT2D eigenvalue weighted by atomic mass is 16.5. The van der Waals surface area contributed by atoms with Gasteiger partial charge in [0.15, 0.2) is 5.82 Å². The molecule has 0 saturated carbocycles. The highest BCUT2D eigenvalue weighted by molar-refractivity contribution is 5.79. The van der Waals surface area contributed by atoms with Crippen LogP contribution in [0.15, 0.2) is 36.7 Å². The lowest BCUT2D eigenvalue weighted by Crippen LogP contribution is -2.32. The van der Waals surface area contributed by atoms with Crippen molar-refractivity contribution in [3.8, 4) is 11.6 Å². The van der Waals surface area contributed by atoms with Crippen LogP contribution >= 0.6 is 0 Å². The lowest BCUT2D eigenvalue weighted by molar-refractivity contribution is -0.129. The Hall–Kier alpha value is -2.83. The first-order chi connectivity index (χ1) is 12.5.